The molecule has 2 aromatic rings. The van der Waals surface area contributed by atoms with Gasteiger partial charge in [-0.1, -0.05) is 60.7 Å². The molecule has 2 aromatic carbocycles. The van der Waals surface area contributed by atoms with Crippen LogP contribution in [0.2, 0.25) is 0 Å². The Morgan fingerprint density at radius 3 is 2.46 bits per heavy atom. The van der Waals surface area contributed by atoms with Crippen molar-refractivity contribution in [2.24, 2.45) is 0 Å². The number of amides is 2. The van der Waals surface area contributed by atoms with Gasteiger partial charge in [0.15, 0.2) is 0 Å². The Morgan fingerprint density at radius 2 is 1.77 bits per heavy atom. The van der Waals surface area contributed by atoms with Crippen LogP contribution in [-0.2, 0) is 16.1 Å². The summed E-state index contributed by atoms with van der Waals surface area (Å²) in [5, 5.41) is 0. The number of carbonyl (C=O) groups is 2. The Morgan fingerprint density at radius 1 is 1.12 bits per heavy atom. The molecule has 0 aromatic heterocycles. The van der Waals surface area contributed by atoms with Gasteiger partial charge < -0.3 is 9.64 Å². The zero-order valence-corrected chi connectivity index (χ0v) is 14.7. The summed E-state index contributed by atoms with van der Waals surface area (Å²) in [6, 6.07) is 19.3. The molecule has 2 aliphatic heterocycles. The van der Waals surface area contributed by atoms with Crippen LogP contribution in [-0.4, -0.2) is 40.4 Å². The molecule has 0 N–H and O–H groups in total. The Balaban J connectivity index is 1.39. The van der Waals surface area contributed by atoms with Crippen molar-refractivity contribution in [1.29, 1.82) is 0 Å². The second kappa shape index (κ2) is 6.83. The van der Waals surface area contributed by atoms with E-state index in [1.807, 2.05) is 72.5 Å². The average Bonchev–Trinajstić information content (AvgIpc) is 3.07. The number of hydrogen-bond acceptors (Lipinski definition) is 3. The minimum absolute atomic E-state index is 0.0144. The summed E-state index contributed by atoms with van der Waals surface area (Å²) in [6.07, 6.45) is 0.398. The number of fused-ring (bicyclic) bond motifs is 1. The van der Waals surface area contributed by atoms with Crippen LogP contribution in [0.4, 0.5) is 4.79 Å². The summed E-state index contributed by atoms with van der Waals surface area (Å²) in [7, 11) is 0. The predicted molar refractivity (Wildman–Crippen MR) is 97.2 cm³/mol. The van der Waals surface area contributed by atoms with E-state index in [0.29, 0.717) is 6.54 Å². The Labute approximate surface area is 153 Å². The molecule has 3 atom stereocenters. The highest BCUT2D eigenvalue weighted by Gasteiger charge is 2.57. The highest BCUT2D eigenvalue weighted by molar-refractivity contribution is 5.93. The monoisotopic (exact) mass is 350 g/mol. The van der Waals surface area contributed by atoms with E-state index >= 15 is 0 Å². The third-order valence-electron chi connectivity index (χ3n) is 5.37. The van der Waals surface area contributed by atoms with Gasteiger partial charge in [-0.25, -0.2) is 4.79 Å². The summed E-state index contributed by atoms with van der Waals surface area (Å²) >= 11 is 0. The Kier molecular flexibility index (Phi) is 4.37. The molecule has 2 amide bonds. The molecule has 2 heterocycles. The van der Waals surface area contributed by atoms with Gasteiger partial charge in [-0.3, -0.25) is 9.69 Å². The third-order valence-corrected chi connectivity index (χ3v) is 5.37. The van der Waals surface area contributed by atoms with Crippen LogP contribution in [0.3, 0.4) is 0 Å². The van der Waals surface area contributed by atoms with E-state index < -0.39 is 6.09 Å². The van der Waals surface area contributed by atoms with Gasteiger partial charge in [0.1, 0.15) is 12.6 Å². The fourth-order valence-corrected chi connectivity index (χ4v) is 3.98. The molecule has 5 heteroatoms. The highest BCUT2D eigenvalue weighted by atomic mass is 16.6. The summed E-state index contributed by atoms with van der Waals surface area (Å²) in [6.45, 7) is 2.83. The second-order valence-electron chi connectivity index (χ2n) is 6.87. The maximum Gasteiger partial charge on any atom is 0.410 e. The fraction of sp³-hybridized carbons (Fsp3) is 0.333. The van der Waals surface area contributed by atoms with Crippen LogP contribution in [0.5, 0.6) is 0 Å². The van der Waals surface area contributed by atoms with Crippen LogP contribution < -0.4 is 0 Å². The molecule has 5 nitrogen and oxygen atoms in total. The number of carbonyl (C=O) groups excluding carboxylic acids is 2. The predicted octanol–water partition coefficient (Wildman–Crippen LogP) is 3.37. The van der Waals surface area contributed by atoms with Crippen LogP contribution >= 0.6 is 0 Å². The molecule has 2 fully saturated rings. The van der Waals surface area contributed by atoms with Crippen molar-refractivity contribution in [2.75, 3.05) is 6.54 Å². The van der Waals surface area contributed by atoms with Crippen molar-refractivity contribution in [1.82, 2.24) is 9.80 Å². The molecular weight excluding hydrogens is 328 g/mol. The topological polar surface area (TPSA) is 49.9 Å². The lowest BCUT2D eigenvalue weighted by Crippen LogP contribution is -2.67. The summed E-state index contributed by atoms with van der Waals surface area (Å²) in [5.41, 5.74) is 2.06. The van der Waals surface area contributed by atoms with Crippen molar-refractivity contribution < 1.29 is 14.3 Å². The molecule has 0 spiro atoms. The zero-order valence-electron chi connectivity index (χ0n) is 14.7. The van der Waals surface area contributed by atoms with E-state index in [1.54, 1.807) is 4.90 Å². The van der Waals surface area contributed by atoms with Crippen LogP contribution in [0.1, 0.15) is 30.5 Å². The van der Waals surface area contributed by atoms with Gasteiger partial charge in [0.25, 0.3) is 0 Å². The number of β-lactam (4-membered cyclic amide) rings is 1. The largest absolute Gasteiger partial charge is 0.445 e. The smallest absolute Gasteiger partial charge is 0.410 e. The lowest BCUT2D eigenvalue weighted by Gasteiger charge is -2.48. The average molecular weight is 350 g/mol. The molecule has 26 heavy (non-hydrogen) atoms. The lowest BCUT2D eigenvalue weighted by molar-refractivity contribution is -0.156. The molecule has 134 valence electrons. The molecule has 2 saturated heterocycles. The van der Waals surface area contributed by atoms with Crippen molar-refractivity contribution in [3.05, 3.63) is 71.8 Å². The van der Waals surface area contributed by atoms with Crippen molar-refractivity contribution in [2.45, 2.75) is 38.1 Å². The molecule has 2 aliphatic rings. The molecule has 0 saturated carbocycles. The van der Waals surface area contributed by atoms with E-state index in [0.717, 1.165) is 17.5 Å². The van der Waals surface area contributed by atoms with Crippen molar-refractivity contribution in [3.8, 4) is 0 Å². The first-order valence-corrected chi connectivity index (χ1v) is 9.01. The first-order chi connectivity index (χ1) is 12.7. The number of hydrogen-bond donors (Lipinski definition) is 0. The third kappa shape index (κ3) is 2.83. The standard InChI is InChI=1S/C21H22N2O3/c1-15(17-10-6-3-7-11-17)23-18-12-13-22(19(18)20(23)24)21(25)26-14-16-8-4-2-5-9-16/h2-11,15,18-19H,12-14H2,1H3/t15?,18-,19+/m1/s1. The zero-order chi connectivity index (χ0) is 18.1. The van der Waals surface area contributed by atoms with Gasteiger partial charge in [0.05, 0.1) is 12.1 Å². The van der Waals surface area contributed by atoms with Crippen LogP contribution in [0.25, 0.3) is 0 Å². The molecular formula is C21H22N2O3. The van der Waals surface area contributed by atoms with E-state index in [-0.39, 0.29) is 30.6 Å². The minimum Gasteiger partial charge on any atom is -0.445 e. The lowest BCUT2D eigenvalue weighted by atomic mass is 9.91. The maximum absolute atomic E-state index is 12.7. The van der Waals surface area contributed by atoms with Gasteiger partial charge in [-0.2, -0.15) is 0 Å². The van der Waals surface area contributed by atoms with Crippen LogP contribution in [0.15, 0.2) is 60.7 Å². The first kappa shape index (κ1) is 16.6. The van der Waals surface area contributed by atoms with Crippen LogP contribution in [0, 0.1) is 0 Å². The SMILES string of the molecule is CC(c1ccccc1)N1C(=O)[C@@H]2[C@H]1CCN2C(=O)OCc1ccccc1. The number of rotatable bonds is 4. The molecule has 0 radical (unpaired) electrons. The summed E-state index contributed by atoms with van der Waals surface area (Å²) < 4.78 is 5.41. The second-order valence-corrected chi connectivity index (χ2v) is 6.87. The Bertz CT molecular complexity index is 793. The number of benzene rings is 2. The normalized spacial score (nSPS) is 22.6. The highest BCUT2D eigenvalue weighted by Crippen LogP contribution is 2.40. The summed E-state index contributed by atoms with van der Waals surface area (Å²) in [4.78, 5) is 28.7. The van der Waals surface area contributed by atoms with E-state index in [4.69, 9.17) is 4.74 Å². The molecule has 1 unspecified atom stereocenters. The van der Waals surface area contributed by atoms with Crippen molar-refractivity contribution >= 4 is 12.0 Å². The first-order valence-electron chi connectivity index (χ1n) is 9.01. The quantitative estimate of drug-likeness (QED) is 0.795. The molecule has 4 rings (SSSR count). The van der Waals surface area contributed by atoms with Crippen molar-refractivity contribution in [3.63, 3.8) is 0 Å². The van der Waals surface area contributed by atoms with Gasteiger partial charge in [-0.15, -0.1) is 0 Å². The minimum atomic E-state index is -0.401. The maximum atomic E-state index is 12.7. The van der Waals surface area contributed by atoms with E-state index in [9.17, 15) is 9.59 Å². The fourth-order valence-electron chi connectivity index (χ4n) is 3.98. The summed E-state index contributed by atoms with van der Waals surface area (Å²) in [5.74, 6) is 0.0144. The number of likely N-dealkylation sites (tertiary alicyclic amines) is 2. The number of nitrogens with zero attached hydrogens (tertiary/aromatic N) is 2. The van der Waals surface area contributed by atoms with E-state index in [1.165, 1.54) is 0 Å². The van der Waals surface area contributed by atoms with Gasteiger partial charge >= 0.3 is 6.09 Å². The number of ether oxygens (including phenoxy) is 1. The van der Waals surface area contributed by atoms with Gasteiger partial charge in [0, 0.05) is 6.54 Å². The molecule has 0 bridgehead atoms. The van der Waals surface area contributed by atoms with E-state index in [2.05, 4.69) is 0 Å². The Hall–Kier alpha value is -2.82. The van der Waals surface area contributed by atoms with Gasteiger partial charge in [0.2, 0.25) is 5.91 Å². The molecule has 0 aliphatic carbocycles. The van der Waals surface area contributed by atoms with Gasteiger partial charge in [-0.05, 0) is 24.5 Å².